The van der Waals surface area contributed by atoms with Gasteiger partial charge >= 0.3 is 0 Å². The van der Waals surface area contributed by atoms with Crippen molar-refractivity contribution in [3.05, 3.63) is 22.7 Å². The Balaban J connectivity index is 1.64. The number of nitrogens with zero attached hydrogens (tertiary/aromatic N) is 3. The van der Waals surface area contributed by atoms with Crippen LogP contribution in [0, 0.1) is 12.8 Å². The largest absolute Gasteiger partial charge is 0.316 e. The molecule has 0 spiro atoms. The zero-order valence-corrected chi connectivity index (χ0v) is 12.9. The van der Waals surface area contributed by atoms with Gasteiger partial charge in [-0.2, -0.15) is 0 Å². The predicted molar refractivity (Wildman–Crippen MR) is 80.8 cm³/mol. The highest BCUT2D eigenvalue weighted by Crippen LogP contribution is 2.29. The summed E-state index contributed by atoms with van der Waals surface area (Å²) in [5, 5.41) is 4.06. The number of aryl methyl sites for hydroxylation is 1. The molecule has 1 aromatic heterocycles. The lowest BCUT2D eigenvalue weighted by atomic mass is 9.99. The molecule has 2 aliphatic rings. The Bertz CT molecular complexity index is 435. The predicted octanol–water partition coefficient (Wildman–Crippen LogP) is 2.40. The van der Waals surface area contributed by atoms with Crippen molar-refractivity contribution < 1.29 is 0 Å². The van der Waals surface area contributed by atoms with E-state index in [2.05, 4.69) is 20.2 Å². The molecule has 0 radical (unpaired) electrons. The summed E-state index contributed by atoms with van der Waals surface area (Å²) >= 11 is 6.04. The highest BCUT2D eigenvalue weighted by atomic mass is 35.5. The number of nitrogens with one attached hydrogen (secondary N) is 1. The van der Waals surface area contributed by atoms with Crippen LogP contribution >= 0.6 is 11.6 Å². The third-order valence-electron chi connectivity index (χ3n) is 4.17. The zero-order valence-electron chi connectivity index (χ0n) is 12.1. The maximum atomic E-state index is 6.04. The molecule has 2 heterocycles. The van der Waals surface area contributed by atoms with E-state index in [4.69, 9.17) is 11.6 Å². The van der Waals surface area contributed by atoms with E-state index >= 15 is 0 Å². The third kappa shape index (κ3) is 3.90. The SMILES string of the molecule is Cc1cc(Cl)nc(CN(CC2CCCNC2)C2CC2)n1. The second kappa shape index (κ2) is 6.37. The van der Waals surface area contributed by atoms with Gasteiger partial charge in [0, 0.05) is 18.3 Å². The maximum absolute atomic E-state index is 6.04. The van der Waals surface area contributed by atoms with Crippen molar-refractivity contribution >= 4 is 11.6 Å². The van der Waals surface area contributed by atoms with Crippen LogP contribution in [-0.2, 0) is 6.54 Å². The Morgan fingerprint density at radius 1 is 1.35 bits per heavy atom. The second-order valence-corrected chi connectivity index (χ2v) is 6.51. The molecule has 1 unspecified atom stereocenters. The van der Waals surface area contributed by atoms with Gasteiger partial charge in [0.15, 0.2) is 0 Å². The first-order valence-electron chi connectivity index (χ1n) is 7.65. The van der Waals surface area contributed by atoms with E-state index in [0.29, 0.717) is 5.15 Å². The molecule has 1 atom stereocenters. The molecule has 0 bridgehead atoms. The van der Waals surface area contributed by atoms with E-state index in [9.17, 15) is 0 Å². The van der Waals surface area contributed by atoms with E-state index in [1.54, 1.807) is 0 Å². The molecule has 1 aromatic rings. The van der Waals surface area contributed by atoms with Crippen molar-refractivity contribution in [3.63, 3.8) is 0 Å². The lowest BCUT2D eigenvalue weighted by molar-refractivity contribution is 0.189. The van der Waals surface area contributed by atoms with Gasteiger partial charge in [-0.1, -0.05) is 11.6 Å². The minimum atomic E-state index is 0.558. The first kappa shape index (κ1) is 14.2. The average Bonchev–Trinajstić information content (AvgIpc) is 3.22. The minimum absolute atomic E-state index is 0.558. The number of hydrogen-bond acceptors (Lipinski definition) is 4. The highest BCUT2D eigenvalue weighted by Gasteiger charge is 2.31. The number of hydrogen-bond donors (Lipinski definition) is 1. The standard InChI is InChI=1S/C15H23ClN4/c1-11-7-14(16)19-15(18-11)10-20(13-4-5-13)9-12-3-2-6-17-8-12/h7,12-13,17H,2-6,8-10H2,1H3. The van der Waals surface area contributed by atoms with Crippen LogP contribution in [0.25, 0.3) is 0 Å². The van der Waals surface area contributed by atoms with E-state index < -0.39 is 0 Å². The number of aromatic nitrogens is 2. The molecular formula is C15H23ClN4. The summed E-state index contributed by atoms with van der Waals surface area (Å²) in [4.78, 5) is 11.5. The Morgan fingerprint density at radius 3 is 2.85 bits per heavy atom. The van der Waals surface area contributed by atoms with Crippen LogP contribution in [0.5, 0.6) is 0 Å². The summed E-state index contributed by atoms with van der Waals surface area (Å²) in [7, 11) is 0. The van der Waals surface area contributed by atoms with E-state index in [0.717, 1.165) is 43.1 Å². The minimum Gasteiger partial charge on any atom is -0.316 e. The van der Waals surface area contributed by atoms with Crippen molar-refractivity contribution in [1.82, 2.24) is 20.2 Å². The third-order valence-corrected chi connectivity index (χ3v) is 4.36. The molecule has 0 amide bonds. The fourth-order valence-electron chi connectivity index (χ4n) is 3.04. The van der Waals surface area contributed by atoms with Crippen LogP contribution in [0.1, 0.15) is 37.2 Å². The topological polar surface area (TPSA) is 41.1 Å². The molecule has 3 rings (SSSR count). The molecule has 1 aliphatic heterocycles. The van der Waals surface area contributed by atoms with Gasteiger partial charge in [0.25, 0.3) is 0 Å². The Kier molecular flexibility index (Phi) is 4.54. The van der Waals surface area contributed by atoms with E-state index in [-0.39, 0.29) is 0 Å². The van der Waals surface area contributed by atoms with Gasteiger partial charge in [-0.25, -0.2) is 9.97 Å². The fraction of sp³-hybridized carbons (Fsp3) is 0.733. The molecule has 5 heteroatoms. The van der Waals surface area contributed by atoms with Crippen molar-refractivity contribution in [2.45, 2.75) is 45.2 Å². The van der Waals surface area contributed by atoms with Crippen LogP contribution < -0.4 is 5.32 Å². The van der Waals surface area contributed by atoms with Crippen LogP contribution in [0.15, 0.2) is 6.07 Å². The molecule has 110 valence electrons. The van der Waals surface area contributed by atoms with Crippen molar-refractivity contribution in [3.8, 4) is 0 Å². The number of halogens is 1. The van der Waals surface area contributed by atoms with Crippen LogP contribution in [0.2, 0.25) is 5.15 Å². The molecule has 1 aliphatic carbocycles. The summed E-state index contributed by atoms with van der Waals surface area (Å²) in [6.07, 6.45) is 5.28. The lowest BCUT2D eigenvalue weighted by Gasteiger charge is -2.29. The molecule has 1 saturated carbocycles. The fourth-order valence-corrected chi connectivity index (χ4v) is 3.29. The molecule has 4 nitrogen and oxygen atoms in total. The number of rotatable bonds is 5. The average molecular weight is 295 g/mol. The van der Waals surface area contributed by atoms with Crippen LogP contribution in [0.4, 0.5) is 0 Å². The Labute approximate surface area is 125 Å². The normalized spacial score (nSPS) is 23.2. The molecule has 2 fully saturated rings. The summed E-state index contributed by atoms with van der Waals surface area (Å²) in [5.41, 5.74) is 0.954. The smallest absolute Gasteiger partial charge is 0.144 e. The summed E-state index contributed by atoms with van der Waals surface area (Å²) in [6.45, 7) is 6.30. The van der Waals surface area contributed by atoms with Crippen LogP contribution in [0.3, 0.4) is 0 Å². The second-order valence-electron chi connectivity index (χ2n) is 6.12. The Hall–Kier alpha value is -0.710. The van der Waals surface area contributed by atoms with Gasteiger partial charge in [-0.3, -0.25) is 4.90 Å². The summed E-state index contributed by atoms with van der Waals surface area (Å²) < 4.78 is 0. The van der Waals surface area contributed by atoms with Crippen molar-refractivity contribution in [2.24, 2.45) is 5.92 Å². The first-order valence-corrected chi connectivity index (χ1v) is 8.03. The summed E-state index contributed by atoms with van der Waals surface area (Å²) in [6, 6.07) is 2.55. The molecule has 20 heavy (non-hydrogen) atoms. The van der Waals surface area contributed by atoms with Gasteiger partial charge in [-0.15, -0.1) is 0 Å². The van der Waals surface area contributed by atoms with Gasteiger partial charge in [-0.05, 0) is 57.7 Å². The summed E-state index contributed by atoms with van der Waals surface area (Å²) in [5.74, 6) is 1.63. The van der Waals surface area contributed by atoms with Crippen LogP contribution in [-0.4, -0.2) is 40.5 Å². The highest BCUT2D eigenvalue weighted by molar-refractivity contribution is 6.29. The van der Waals surface area contributed by atoms with Gasteiger partial charge < -0.3 is 5.32 Å². The zero-order chi connectivity index (χ0) is 13.9. The molecule has 1 saturated heterocycles. The van der Waals surface area contributed by atoms with Crippen molar-refractivity contribution in [1.29, 1.82) is 0 Å². The molecule has 0 aromatic carbocycles. The van der Waals surface area contributed by atoms with Gasteiger partial charge in [0.2, 0.25) is 0 Å². The molecular weight excluding hydrogens is 272 g/mol. The maximum Gasteiger partial charge on any atom is 0.144 e. The quantitative estimate of drug-likeness (QED) is 0.847. The van der Waals surface area contributed by atoms with Gasteiger partial charge in [0.1, 0.15) is 11.0 Å². The molecule has 1 N–H and O–H groups in total. The van der Waals surface area contributed by atoms with E-state index in [1.807, 2.05) is 13.0 Å². The van der Waals surface area contributed by atoms with E-state index in [1.165, 1.54) is 32.2 Å². The Morgan fingerprint density at radius 2 is 2.20 bits per heavy atom. The monoisotopic (exact) mass is 294 g/mol. The van der Waals surface area contributed by atoms with Gasteiger partial charge in [0.05, 0.1) is 6.54 Å². The number of piperidine rings is 1. The lowest BCUT2D eigenvalue weighted by Crippen LogP contribution is -2.39. The first-order chi connectivity index (χ1) is 9.70. The van der Waals surface area contributed by atoms with Crippen molar-refractivity contribution in [2.75, 3.05) is 19.6 Å².